The van der Waals surface area contributed by atoms with Crippen molar-refractivity contribution < 1.29 is 14.3 Å². The molecule has 1 N–H and O–H groups in total. The first-order chi connectivity index (χ1) is 12.2. The van der Waals surface area contributed by atoms with Gasteiger partial charge in [0.2, 0.25) is 0 Å². The summed E-state index contributed by atoms with van der Waals surface area (Å²) >= 11 is 6.41. The standard InChI is InChI=1S/C19H24ClN3O3/c1-11(2)16(19(25)26-5)21-18(24)15-13(4)22-23(17(15)20)10-14-8-6-12(3)7-9-14/h6-9,11,16H,10H2,1-5H3,(H,21,24)/t16-/m1/s1. The maximum Gasteiger partial charge on any atom is 0.328 e. The molecule has 0 aliphatic carbocycles. The number of amides is 1. The molecule has 7 heteroatoms. The van der Waals surface area contributed by atoms with Gasteiger partial charge in [-0.1, -0.05) is 55.3 Å². The fourth-order valence-corrected chi connectivity index (χ4v) is 2.94. The summed E-state index contributed by atoms with van der Waals surface area (Å²) in [6.07, 6.45) is 0. The zero-order chi connectivity index (χ0) is 19.4. The Labute approximate surface area is 158 Å². The molecule has 0 radical (unpaired) electrons. The SMILES string of the molecule is COC(=O)[C@H](NC(=O)c1c(C)nn(Cc2ccc(C)cc2)c1Cl)C(C)C. The number of carbonyl (C=O) groups is 2. The fraction of sp³-hybridized carbons (Fsp3) is 0.421. The van der Waals surface area contributed by atoms with E-state index in [1.165, 1.54) is 12.7 Å². The maximum atomic E-state index is 12.7. The summed E-state index contributed by atoms with van der Waals surface area (Å²) in [5, 5.41) is 7.32. The normalized spacial score (nSPS) is 12.1. The van der Waals surface area contributed by atoms with E-state index in [2.05, 4.69) is 10.4 Å². The Balaban J connectivity index is 2.24. The lowest BCUT2D eigenvalue weighted by atomic mass is 10.0. The van der Waals surface area contributed by atoms with Gasteiger partial charge in [0.25, 0.3) is 5.91 Å². The monoisotopic (exact) mass is 377 g/mol. The molecule has 1 aromatic carbocycles. The van der Waals surface area contributed by atoms with E-state index in [-0.39, 0.29) is 16.6 Å². The van der Waals surface area contributed by atoms with Crippen LogP contribution in [-0.2, 0) is 16.1 Å². The van der Waals surface area contributed by atoms with Crippen LogP contribution in [0.15, 0.2) is 24.3 Å². The second kappa shape index (κ2) is 8.36. The van der Waals surface area contributed by atoms with Gasteiger partial charge in [0.05, 0.1) is 24.9 Å². The first-order valence-corrected chi connectivity index (χ1v) is 8.79. The summed E-state index contributed by atoms with van der Waals surface area (Å²) in [7, 11) is 1.29. The number of aryl methyl sites for hydroxylation is 2. The first-order valence-electron chi connectivity index (χ1n) is 8.41. The molecule has 140 valence electrons. The van der Waals surface area contributed by atoms with Gasteiger partial charge in [0, 0.05) is 0 Å². The lowest BCUT2D eigenvalue weighted by Gasteiger charge is -2.19. The van der Waals surface area contributed by atoms with Crippen molar-refractivity contribution in [1.29, 1.82) is 0 Å². The highest BCUT2D eigenvalue weighted by Gasteiger charge is 2.28. The minimum absolute atomic E-state index is 0.118. The fourth-order valence-electron chi connectivity index (χ4n) is 2.62. The van der Waals surface area contributed by atoms with Crippen LogP contribution in [0.2, 0.25) is 5.15 Å². The van der Waals surface area contributed by atoms with Crippen LogP contribution in [0.25, 0.3) is 0 Å². The van der Waals surface area contributed by atoms with Gasteiger partial charge in [-0.3, -0.25) is 4.79 Å². The smallest absolute Gasteiger partial charge is 0.328 e. The molecule has 1 aromatic heterocycles. The van der Waals surface area contributed by atoms with Crippen molar-refractivity contribution in [1.82, 2.24) is 15.1 Å². The predicted octanol–water partition coefficient (Wildman–Crippen LogP) is 3.13. The minimum atomic E-state index is -0.747. The van der Waals surface area contributed by atoms with Crippen LogP contribution < -0.4 is 5.32 Å². The molecule has 0 unspecified atom stereocenters. The Kier molecular flexibility index (Phi) is 6.42. The number of nitrogens with zero attached hydrogens (tertiary/aromatic N) is 2. The third-order valence-corrected chi connectivity index (χ3v) is 4.54. The minimum Gasteiger partial charge on any atom is -0.467 e. The third kappa shape index (κ3) is 4.43. The summed E-state index contributed by atoms with van der Waals surface area (Å²) < 4.78 is 6.34. The largest absolute Gasteiger partial charge is 0.467 e. The average Bonchev–Trinajstić information content (AvgIpc) is 2.87. The Bertz CT molecular complexity index is 797. The van der Waals surface area contributed by atoms with Crippen molar-refractivity contribution in [3.63, 3.8) is 0 Å². The molecular formula is C19H24ClN3O3. The molecule has 0 aliphatic heterocycles. The molecule has 0 fully saturated rings. The van der Waals surface area contributed by atoms with Gasteiger partial charge in [0.1, 0.15) is 11.2 Å². The van der Waals surface area contributed by atoms with Crippen molar-refractivity contribution in [3.8, 4) is 0 Å². The Morgan fingerprint density at radius 3 is 2.38 bits per heavy atom. The summed E-state index contributed by atoms with van der Waals surface area (Å²) in [6.45, 7) is 7.85. The average molecular weight is 378 g/mol. The summed E-state index contributed by atoms with van der Waals surface area (Å²) in [5.74, 6) is -1.05. The van der Waals surface area contributed by atoms with E-state index in [4.69, 9.17) is 16.3 Å². The Morgan fingerprint density at radius 1 is 1.23 bits per heavy atom. The van der Waals surface area contributed by atoms with Crippen molar-refractivity contribution >= 4 is 23.5 Å². The highest BCUT2D eigenvalue weighted by Crippen LogP contribution is 2.21. The van der Waals surface area contributed by atoms with Crippen molar-refractivity contribution in [2.24, 2.45) is 5.92 Å². The second-order valence-electron chi connectivity index (χ2n) is 6.61. The number of methoxy groups -OCH3 is 1. The van der Waals surface area contributed by atoms with Crippen molar-refractivity contribution in [2.75, 3.05) is 7.11 Å². The van der Waals surface area contributed by atoms with Crippen LogP contribution in [0, 0.1) is 19.8 Å². The summed E-state index contributed by atoms with van der Waals surface area (Å²) in [5.41, 5.74) is 2.97. The molecule has 6 nitrogen and oxygen atoms in total. The first kappa shape index (κ1) is 20.0. The lowest BCUT2D eigenvalue weighted by molar-refractivity contribution is -0.144. The highest BCUT2D eigenvalue weighted by atomic mass is 35.5. The second-order valence-corrected chi connectivity index (χ2v) is 6.97. The number of aromatic nitrogens is 2. The van der Waals surface area contributed by atoms with Gasteiger partial charge in [-0.2, -0.15) is 5.10 Å². The van der Waals surface area contributed by atoms with Gasteiger partial charge < -0.3 is 10.1 Å². The van der Waals surface area contributed by atoms with Crippen LogP contribution in [0.1, 0.15) is 41.0 Å². The topological polar surface area (TPSA) is 73.2 Å². The van der Waals surface area contributed by atoms with Crippen LogP contribution in [0.5, 0.6) is 0 Å². The number of benzene rings is 1. The molecule has 0 aliphatic rings. The van der Waals surface area contributed by atoms with E-state index in [1.54, 1.807) is 11.6 Å². The summed E-state index contributed by atoms with van der Waals surface area (Å²) in [6, 6.07) is 7.26. The Hall–Kier alpha value is -2.34. The summed E-state index contributed by atoms with van der Waals surface area (Å²) in [4.78, 5) is 24.5. The molecule has 2 rings (SSSR count). The molecule has 1 atom stereocenters. The van der Waals surface area contributed by atoms with Crippen LogP contribution in [-0.4, -0.2) is 34.8 Å². The van der Waals surface area contributed by atoms with E-state index in [0.717, 1.165) is 5.56 Å². The number of nitrogens with one attached hydrogen (secondary N) is 1. The number of hydrogen-bond acceptors (Lipinski definition) is 4. The molecule has 0 saturated carbocycles. The molecular weight excluding hydrogens is 354 g/mol. The quantitative estimate of drug-likeness (QED) is 0.785. The Morgan fingerprint density at radius 2 is 1.85 bits per heavy atom. The molecule has 0 bridgehead atoms. The lowest BCUT2D eigenvalue weighted by Crippen LogP contribution is -2.45. The van der Waals surface area contributed by atoms with Gasteiger partial charge in [-0.05, 0) is 25.3 Å². The van der Waals surface area contributed by atoms with Crippen molar-refractivity contribution in [3.05, 3.63) is 51.8 Å². The number of ether oxygens (including phenoxy) is 1. The van der Waals surface area contributed by atoms with E-state index in [9.17, 15) is 9.59 Å². The maximum absolute atomic E-state index is 12.7. The molecule has 1 heterocycles. The molecule has 2 aromatic rings. The number of hydrogen-bond donors (Lipinski definition) is 1. The van der Waals surface area contributed by atoms with Crippen LogP contribution >= 0.6 is 11.6 Å². The van der Waals surface area contributed by atoms with Crippen LogP contribution in [0.3, 0.4) is 0 Å². The van der Waals surface area contributed by atoms with Gasteiger partial charge in [-0.15, -0.1) is 0 Å². The highest BCUT2D eigenvalue weighted by molar-refractivity contribution is 6.33. The van der Waals surface area contributed by atoms with Crippen LogP contribution in [0.4, 0.5) is 0 Å². The number of rotatable bonds is 6. The van der Waals surface area contributed by atoms with E-state index < -0.39 is 17.9 Å². The number of esters is 1. The van der Waals surface area contributed by atoms with Gasteiger partial charge in [-0.25, -0.2) is 9.48 Å². The van der Waals surface area contributed by atoms with E-state index in [0.29, 0.717) is 12.2 Å². The zero-order valence-corrected chi connectivity index (χ0v) is 16.4. The zero-order valence-electron chi connectivity index (χ0n) is 15.7. The van der Waals surface area contributed by atoms with E-state index in [1.807, 2.05) is 45.0 Å². The third-order valence-electron chi connectivity index (χ3n) is 4.15. The predicted molar refractivity (Wildman–Crippen MR) is 100 cm³/mol. The molecule has 0 spiro atoms. The van der Waals surface area contributed by atoms with Gasteiger partial charge in [0.15, 0.2) is 0 Å². The van der Waals surface area contributed by atoms with Gasteiger partial charge >= 0.3 is 5.97 Å². The van der Waals surface area contributed by atoms with E-state index >= 15 is 0 Å². The molecule has 26 heavy (non-hydrogen) atoms. The van der Waals surface area contributed by atoms with Crippen molar-refractivity contribution in [2.45, 2.75) is 40.3 Å². The number of halogens is 1. The number of carbonyl (C=O) groups excluding carboxylic acids is 2. The molecule has 0 saturated heterocycles. The molecule has 1 amide bonds.